The van der Waals surface area contributed by atoms with Gasteiger partial charge in [0, 0.05) is 18.6 Å². The Hall–Kier alpha value is -1.06. The summed E-state index contributed by atoms with van der Waals surface area (Å²) < 4.78 is 11.1. The Kier molecular flexibility index (Phi) is 4.61. The molecule has 2 rings (SSSR count). The van der Waals surface area contributed by atoms with E-state index >= 15 is 0 Å². The average molecular weight is 249 g/mol. The highest BCUT2D eigenvalue weighted by Crippen LogP contribution is 2.35. The van der Waals surface area contributed by atoms with Crippen LogP contribution >= 0.6 is 0 Å². The predicted molar refractivity (Wildman–Crippen MR) is 72.9 cm³/mol. The van der Waals surface area contributed by atoms with Crippen LogP contribution in [0.3, 0.4) is 0 Å². The van der Waals surface area contributed by atoms with Crippen molar-refractivity contribution in [2.45, 2.75) is 31.9 Å². The first-order valence-corrected chi connectivity index (χ1v) is 6.73. The molecule has 100 valence electrons. The van der Waals surface area contributed by atoms with Crippen LogP contribution in [0.5, 0.6) is 5.75 Å². The molecule has 0 bridgehead atoms. The van der Waals surface area contributed by atoms with Gasteiger partial charge in [0.1, 0.15) is 5.75 Å². The number of benzene rings is 1. The van der Waals surface area contributed by atoms with Crippen LogP contribution in [-0.4, -0.2) is 26.9 Å². The van der Waals surface area contributed by atoms with Crippen molar-refractivity contribution in [2.24, 2.45) is 5.92 Å². The summed E-state index contributed by atoms with van der Waals surface area (Å²) in [6.45, 7) is 3.08. The molecule has 0 saturated carbocycles. The molecule has 3 nitrogen and oxygen atoms in total. The zero-order chi connectivity index (χ0) is 13.0. The van der Waals surface area contributed by atoms with Crippen molar-refractivity contribution in [3.05, 3.63) is 29.8 Å². The summed E-state index contributed by atoms with van der Waals surface area (Å²) >= 11 is 0. The van der Waals surface area contributed by atoms with E-state index in [0.29, 0.717) is 18.1 Å². The molecule has 1 fully saturated rings. The lowest BCUT2D eigenvalue weighted by Gasteiger charge is -2.27. The van der Waals surface area contributed by atoms with Crippen LogP contribution in [0.15, 0.2) is 24.3 Å². The SMILES string of the molecule is CCC1OCCC1C(NC)c1cccc(OC)c1. The second kappa shape index (κ2) is 6.21. The third kappa shape index (κ3) is 2.68. The molecule has 1 aromatic carbocycles. The van der Waals surface area contributed by atoms with Crippen molar-refractivity contribution < 1.29 is 9.47 Å². The lowest BCUT2D eigenvalue weighted by molar-refractivity contribution is 0.0782. The van der Waals surface area contributed by atoms with E-state index in [1.54, 1.807) is 7.11 Å². The maximum absolute atomic E-state index is 5.80. The van der Waals surface area contributed by atoms with Crippen molar-refractivity contribution in [1.29, 1.82) is 0 Å². The Morgan fingerprint density at radius 3 is 3.00 bits per heavy atom. The Labute approximate surface area is 109 Å². The molecule has 0 aliphatic carbocycles. The maximum Gasteiger partial charge on any atom is 0.119 e. The van der Waals surface area contributed by atoms with Gasteiger partial charge in [-0.15, -0.1) is 0 Å². The van der Waals surface area contributed by atoms with Gasteiger partial charge in [-0.1, -0.05) is 19.1 Å². The van der Waals surface area contributed by atoms with Crippen LogP contribution in [0.25, 0.3) is 0 Å². The second-order valence-electron chi connectivity index (χ2n) is 4.81. The molecular formula is C15H23NO2. The Morgan fingerprint density at radius 1 is 1.50 bits per heavy atom. The van der Waals surface area contributed by atoms with Crippen molar-refractivity contribution in [1.82, 2.24) is 5.32 Å². The topological polar surface area (TPSA) is 30.5 Å². The molecule has 1 N–H and O–H groups in total. The van der Waals surface area contributed by atoms with E-state index in [-0.39, 0.29) is 0 Å². The minimum Gasteiger partial charge on any atom is -0.497 e. The smallest absolute Gasteiger partial charge is 0.119 e. The van der Waals surface area contributed by atoms with Gasteiger partial charge in [0.25, 0.3) is 0 Å². The third-order valence-corrected chi connectivity index (χ3v) is 3.86. The van der Waals surface area contributed by atoms with Crippen LogP contribution in [0, 0.1) is 5.92 Å². The first-order valence-electron chi connectivity index (χ1n) is 6.73. The fourth-order valence-corrected chi connectivity index (χ4v) is 2.93. The zero-order valence-corrected chi connectivity index (χ0v) is 11.5. The standard InChI is InChI=1S/C15H23NO2/c1-4-14-13(8-9-18-14)15(16-2)11-6-5-7-12(10-11)17-3/h5-7,10,13-16H,4,8-9H2,1-3H3. The van der Waals surface area contributed by atoms with Gasteiger partial charge in [-0.05, 0) is 37.6 Å². The van der Waals surface area contributed by atoms with Crippen molar-refractivity contribution in [2.75, 3.05) is 20.8 Å². The molecule has 3 heteroatoms. The Morgan fingerprint density at radius 2 is 2.33 bits per heavy atom. The molecule has 3 unspecified atom stereocenters. The molecule has 1 aromatic rings. The van der Waals surface area contributed by atoms with E-state index in [2.05, 4.69) is 30.4 Å². The van der Waals surface area contributed by atoms with Gasteiger partial charge in [-0.25, -0.2) is 0 Å². The summed E-state index contributed by atoms with van der Waals surface area (Å²) in [6, 6.07) is 8.65. The highest BCUT2D eigenvalue weighted by Gasteiger charge is 2.33. The molecule has 1 aliphatic rings. The number of hydrogen-bond acceptors (Lipinski definition) is 3. The van der Waals surface area contributed by atoms with E-state index in [1.165, 1.54) is 5.56 Å². The molecule has 1 saturated heterocycles. The fourth-order valence-electron chi connectivity index (χ4n) is 2.93. The van der Waals surface area contributed by atoms with E-state index in [9.17, 15) is 0 Å². The number of methoxy groups -OCH3 is 1. The summed E-state index contributed by atoms with van der Waals surface area (Å²) in [5, 5.41) is 3.44. The lowest BCUT2D eigenvalue weighted by atomic mass is 9.87. The summed E-state index contributed by atoms with van der Waals surface area (Å²) in [4.78, 5) is 0. The number of ether oxygens (including phenoxy) is 2. The highest BCUT2D eigenvalue weighted by atomic mass is 16.5. The highest BCUT2D eigenvalue weighted by molar-refractivity contribution is 5.31. The van der Waals surface area contributed by atoms with Gasteiger partial charge in [-0.2, -0.15) is 0 Å². The number of nitrogens with one attached hydrogen (secondary N) is 1. The van der Waals surface area contributed by atoms with Crippen LogP contribution < -0.4 is 10.1 Å². The maximum atomic E-state index is 5.80. The second-order valence-corrected chi connectivity index (χ2v) is 4.81. The minimum atomic E-state index is 0.340. The Bertz CT molecular complexity index is 381. The largest absolute Gasteiger partial charge is 0.497 e. The monoisotopic (exact) mass is 249 g/mol. The van der Waals surface area contributed by atoms with E-state index in [0.717, 1.165) is 25.2 Å². The average Bonchev–Trinajstić information content (AvgIpc) is 2.88. The summed E-state index contributed by atoms with van der Waals surface area (Å²) in [6.07, 6.45) is 2.57. The van der Waals surface area contributed by atoms with Gasteiger partial charge in [-0.3, -0.25) is 0 Å². The van der Waals surface area contributed by atoms with E-state index < -0.39 is 0 Å². The van der Waals surface area contributed by atoms with Gasteiger partial charge in [0.05, 0.1) is 13.2 Å². The molecule has 0 spiro atoms. The number of rotatable bonds is 5. The van der Waals surface area contributed by atoms with Crippen LogP contribution in [0.1, 0.15) is 31.4 Å². The van der Waals surface area contributed by atoms with Crippen molar-refractivity contribution in [3.8, 4) is 5.75 Å². The molecular weight excluding hydrogens is 226 g/mol. The predicted octanol–water partition coefficient (Wildman–Crippen LogP) is 2.77. The normalized spacial score (nSPS) is 25.1. The lowest BCUT2D eigenvalue weighted by Crippen LogP contribution is -2.30. The van der Waals surface area contributed by atoms with Crippen molar-refractivity contribution in [3.63, 3.8) is 0 Å². The van der Waals surface area contributed by atoms with Gasteiger partial charge >= 0.3 is 0 Å². The first-order chi connectivity index (χ1) is 8.80. The third-order valence-electron chi connectivity index (χ3n) is 3.86. The Balaban J connectivity index is 2.21. The molecule has 0 aromatic heterocycles. The van der Waals surface area contributed by atoms with Gasteiger partial charge in [0.15, 0.2) is 0 Å². The molecule has 1 heterocycles. The summed E-state index contributed by atoms with van der Waals surface area (Å²) in [5.41, 5.74) is 1.28. The molecule has 0 amide bonds. The number of hydrogen-bond donors (Lipinski definition) is 1. The van der Waals surface area contributed by atoms with Crippen molar-refractivity contribution >= 4 is 0 Å². The quantitative estimate of drug-likeness (QED) is 0.870. The van der Waals surface area contributed by atoms with Gasteiger partial charge in [0.2, 0.25) is 0 Å². The first kappa shape index (κ1) is 13.4. The van der Waals surface area contributed by atoms with Gasteiger partial charge < -0.3 is 14.8 Å². The zero-order valence-electron chi connectivity index (χ0n) is 11.5. The minimum absolute atomic E-state index is 0.340. The van der Waals surface area contributed by atoms with Crippen LogP contribution in [0.2, 0.25) is 0 Å². The molecule has 18 heavy (non-hydrogen) atoms. The van der Waals surface area contributed by atoms with Crippen LogP contribution in [0.4, 0.5) is 0 Å². The van der Waals surface area contributed by atoms with E-state index in [1.807, 2.05) is 13.1 Å². The molecule has 0 radical (unpaired) electrons. The summed E-state index contributed by atoms with van der Waals surface area (Å²) in [7, 11) is 3.73. The molecule has 1 aliphatic heterocycles. The fraction of sp³-hybridized carbons (Fsp3) is 0.600. The summed E-state index contributed by atoms with van der Waals surface area (Å²) in [5.74, 6) is 1.46. The van der Waals surface area contributed by atoms with E-state index in [4.69, 9.17) is 9.47 Å². The molecule has 3 atom stereocenters. The van der Waals surface area contributed by atoms with Crippen LogP contribution in [-0.2, 0) is 4.74 Å².